The highest BCUT2D eigenvalue weighted by molar-refractivity contribution is 5.70. The fourth-order valence-electron chi connectivity index (χ4n) is 2.56. The SMILES string of the molecule is C=CC[C@@H]1CC(C)=C[C@H](CC=C)N1C(=O)OC(C)(C)C. The van der Waals surface area contributed by atoms with E-state index >= 15 is 0 Å². The zero-order chi connectivity index (χ0) is 15.3. The number of amides is 1. The summed E-state index contributed by atoms with van der Waals surface area (Å²) in [5.41, 5.74) is 0.827. The molecule has 0 aliphatic carbocycles. The predicted octanol–water partition coefficient (Wildman–Crippen LogP) is 4.46. The topological polar surface area (TPSA) is 29.5 Å². The van der Waals surface area contributed by atoms with Crippen molar-refractivity contribution in [1.82, 2.24) is 4.90 Å². The zero-order valence-electron chi connectivity index (χ0n) is 13.2. The normalized spacial score (nSPS) is 23.0. The number of carbonyl (C=O) groups excluding carboxylic acids is 1. The fourth-order valence-corrected chi connectivity index (χ4v) is 2.56. The zero-order valence-corrected chi connectivity index (χ0v) is 13.2. The molecule has 1 amide bonds. The number of carbonyl (C=O) groups is 1. The summed E-state index contributed by atoms with van der Waals surface area (Å²) >= 11 is 0. The van der Waals surface area contributed by atoms with Gasteiger partial charge in [0.25, 0.3) is 0 Å². The van der Waals surface area contributed by atoms with E-state index in [1.54, 1.807) is 0 Å². The van der Waals surface area contributed by atoms with Crippen LogP contribution >= 0.6 is 0 Å². The average Bonchev–Trinajstić information content (AvgIpc) is 2.26. The molecule has 0 aromatic heterocycles. The molecule has 1 aliphatic heterocycles. The lowest BCUT2D eigenvalue weighted by molar-refractivity contribution is 0.00813. The predicted molar refractivity (Wildman–Crippen MR) is 83.7 cm³/mol. The molecule has 3 heteroatoms. The Bertz CT molecular complexity index is 404. The van der Waals surface area contributed by atoms with Gasteiger partial charge in [-0.15, -0.1) is 13.2 Å². The summed E-state index contributed by atoms with van der Waals surface area (Å²) in [5.74, 6) is 0. The minimum atomic E-state index is -0.481. The van der Waals surface area contributed by atoms with Crippen LogP contribution in [-0.2, 0) is 4.74 Å². The van der Waals surface area contributed by atoms with Gasteiger partial charge in [0.1, 0.15) is 5.60 Å². The highest BCUT2D eigenvalue weighted by atomic mass is 16.6. The first kappa shape index (κ1) is 16.5. The van der Waals surface area contributed by atoms with Crippen molar-refractivity contribution in [2.75, 3.05) is 0 Å². The van der Waals surface area contributed by atoms with E-state index in [2.05, 4.69) is 26.2 Å². The Morgan fingerprint density at radius 1 is 1.40 bits per heavy atom. The molecule has 2 atom stereocenters. The van der Waals surface area contributed by atoms with Crippen molar-refractivity contribution in [3.05, 3.63) is 37.0 Å². The maximum Gasteiger partial charge on any atom is 0.411 e. The number of rotatable bonds is 4. The summed E-state index contributed by atoms with van der Waals surface area (Å²) in [4.78, 5) is 14.3. The van der Waals surface area contributed by atoms with Crippen molar-refractivity contribution in [1.29, 1.82) is 0 Å². The molecular formula is C17H27NO2. The lowest BCUT2D eigenvalue weighted by Crippen LogP contribution is -2.50. The first-order valence-corrected chi connectivity index (χ1v) is 7.19. The van der Waals surface area contributed by atoms with E-state index < -0.39 is 5.60 Å². The van der Waals surface area contributed by atoms with Crippen LogP contribution in [0.5, 0.6) is 0 Å². The average molecular weight is 277 g/mol. The summed E-state index contributed by atoms with van der Waals surface area (Å²) in [6, 6.07) is 0.151. The second-order valence-corrected chi connectivity index (χ2v) is 6.37. The van der Waals surface area contributed by atoms with Gasteiger partial charge in [0.2, 0.25) is 0 Å². The van der Waals surface area contributed by atoms with Crippen molar-refractivity contribution >= 4 is 6.09 Å². The van der Waals surface area contributed by atoms with Crippen LogP contribution < -0.4 is 0 Å². The van der Waals surface area contributed by atoms with Gasteiger partial charge in [0.15, 0.2) is 0 Å². The summed E-state index contributed by atoms with van der Waals surface area (Å²) in [5, 5.41) is 0. The Morgan fingerprint density at radius 2 is 2.00 bits per heavy atom. The Kier molecular flexibility index (Phi) is 5.61. The van der Waals surface area contributed by atoms with Crippen LogP contribution in [0, 0.1) is 0 Å². The van der Waals surface area contributed by atoms with E-state index in [9.17, 15) is 4.79 Å². The molecule has 0 saturated heterocycles. The standard InChI is InChI=1S/C17H27NO2/c1-7-9-14-11-13(3)12-15(10-8-2)18(14)16(19)20-17(4,5)6/h7-8,11,14-15H,1-2,9-10,12H2,3-6H3/t14-,15+/m0/s1. The third-order valence-electron chi connectivity index (χ3n) is 3.24. The highest BCUT2D eigenvalue weighted by Gasteiger charge is 2.34. The smallest absolute Gasteiger partial charge is 0.411 e. The Labute approximate surface area is 123 Å². The van der Waals surface area contributed by atoms with Gasteiger partial charge in [0, 0.05) is 6.04 Å². The molecule has 0 spiro atoms. The third-order valence-corrected chi connectivity index (χ3v) is 3.24. The second kappa shape index (κ2) is 6.78. The van der Waals surface area contributed by atoms with Crippen LogP contribution in [-0.4, -0.2) is 28.7 Å². The maximum atomic E-state index is 12.5. The molecule has 3 nitrogen and oxygen atoms in total. The minimum absolute atomic E-state index is 0.0287. The Morgan fingerprint density at radius 3 is 2.50 bits per heavy atom. The van der Waals surface area contributed by atoms with Crippen LogP contribution in [0.15, 0.2) is 37.0 Å². The molecule has 0 saturated carbocycles. The molecule has 1 rings (SSSR count). The van der Waals surface area contributed by atoms with Crippen molar-refractivity contribution in [3.63, 3.8) is 0 Å². The molecule has 0 unspecified atom stereocenters. The number of hydrogen-bond donors (Lipinski definition) is 0. The van der Waals surface area contributed by atoms with E-state index in [1.165, 1.54) is 5.57 Å². The lowest BCUT2D eigenvalue weighted by Gasteiger charge is -2.40. The van der Waals surface area contributed by atoms with Crippen molar-refractivity contribution in [2.24, 2.45) is 0 Å². The van der Waals surface area contributed by atoms with Gasteiger partial charge in [-0.25, -0.2) is 4.79 Å². The first-order valence-electron chi connectivity index (χ1n) is 7.19. The highest BCUT2D eigenvalue weighted by Crippen LogP contribution is 2.28. The molecule has 0 bridgehead atoms. The molecule has 0 N–H and O–H groups in total. The molecule has 0 fully saturated rings. The van der Waals surface area contributed by atoms with E-state index in [4.69, 9.17) is 4.74 Å². The van der Waals surface area contributed by atoms with Gasteiger partial charge in [-0.3, -0.25) is 4.90 Å². The van der Waals surface area contributed by atoms with Gasteiger partial charge in [0.05, 0.1) is 6.04 Å². The number of nitrogens with zero attached hydrogens (tertiary/aromatic N) is 1. The number of hydrogen-bond acceptors (Lipinski definition) is 2. The second-order valence-electron chi connectivity index (χ2n) is 6.37. The summed E-state index contributed by atoms with van der Waals surface area (Å²) < 4.78 is 5.55. The van der Waals surface area contributed by atoms with Gasteiger partial charge >= 0.3 is 6.09 Å². The largest absolute Gasteiger partial charge is 0.444 e. The lowest BCUT2D eigenvalue weighted by atomic mass is 9.93. The third kappa shape index (κ3) is 4.55. The van der Waals surface area contributed by atoms with Crippen molar-refractivity contribution in [3.8, 4) is 0 Å². The quantitative estimate of drug-likeness (QED) is 0.710. The van der Waals surface area contributed by atoms with Gasteiger partial charge in [-0.1, -0.05) is 23.8 Å². The van der Waals surface area contributed by atoms with Crippen LogP contribution in [0.1, 0.15) is 47.0 Å². The molecule has 0 aromatic rings. The molecule has 112 valence electrons. The summed E-state index contributed by atoms with van der Waals surface area (Å²) in [6.45, 7) is 15.4. The van der Waals surface area contributed by atoms with E-state index in [1.807, 2.05) is 37.8 Å². The van der Waals surface area contributed by atoms with Gasteiger partial charge < -0.3 is 4.74 Å². The van der Waals surface area contributed by atoms with Crippen LogP contribution in [0.2, 0.25) is 0 Å². The Balaban J connectivity index is 3.01. The number of ether oxygens (including phenoxy) is 1. The van der Waals surface area contributed by atoms with Crippen molar-refractivity contribution in [2.45, 2.75) is 64.6 Å². The van der Waals surface area contributed by atoms with Crippen LogP contribution in [0.25, 0.3) is 0 Å². The van der Waals surface area contributed by atoms with E-state index in [0.717, 1.165) is 19.3 Å². The van der Waals surface area contributed by atoms with Crippen LogP contribution in [0.3, 0.4) is 0 Å². The fraction of sp³-hybridized carbons (Fsp3) is 0.588. The molecule has 20 heavy (non-hydrogen) atoms. The molecule has 0 radical (unpaired) electrons. The monoisotopic (exact) mass is 277 g/mol. The van der Waals surface area contributed by atoms with Crippen molar-refractivity contribution < 1.29 is 9.53 Å². The van der Waals surface area contributed by atoms with Gasteiger partial charge in [-0.2, -0.15) is 0 Å². The first-order chi connectivity index (χ1) is 9.28. The maximum absolute atomic E-state index is 12.5. The van der Waals surface area contributed by atoms with E-state index in [0.29, 0.717) is 0 Å². The molecule has 1 heterocycles. The summed E-state index contributed by atoms with van der Waals surface area (Å²) in [6.07, 6.45) is 8.00. The van der Waals surface area contributed by atoms with Crippen LogP contribution in [0.4, 0.5) is 4.79 Å². The van der Waals surface area contributed by atoms with Gasteiger partial charge in [-0.05, 0) is 47.0 Å². The molecule has 1 aliphatic rings. The van der Waals surface area contributed by atoms with E-state index in [-0.39, 0.29) is 18.2 Å². The minimum Gasteiger partial charge on any atom is -0.444 e. The summed E-state index contributed by atoms with van der Waals surface area (Å²) in [7, 11) is 0. The molecule has 0 aromatic carbocycles. The Hall–Kier alpha value is -1.51. The molecular weight excluding hydrogens is 250 g/mol.